The lowest BCUT2D eigenvalue weighted by atomic mass is 10.1. The molecule has 0 bridgehead atoms. The Morgan fingerprint density at radius 1 is 0.535 bits per heavy atom. The molecule has 0 radical (unpaired) electrons. The van der Waals surface area contributed by atoms with Gasteiger partial charge in [-0.2, -0.15) is 0 Å². The molecule has 5 aromatic rings. The Kier molecular flexibility index (Phi) is 11.7. The van der Waals surface area contributed by atoms with Gasteiger partial charge in [-0.05, 0) is 57.1 Å². The zero-order chi connectivity index (χ0) is 29.9. The number of hydrogen-bond donors (Lipinski definition) is 0. The molecule has 43 heavy (non-hydrogen) atoms. The van der Waals surface area contributed by atoms with Crippen molar-refractivity contribution in [3.63, 3.8) is 0 Å². The van der Waals surface area contributed by atoms with E-state index in [2.05, 4.69) is 142 Å². The lowest BCUT2D eigenvalue weighted by Crippen LogP contribution is -2.32. The van der Waals surface area contributed by atoms with Crippen LogP contribution < -0.4 is 10.9 Å². The first kappa shape index (κ1) is 31.3. The van der Waals surface area contributed by atoms with Gasteiger partial charge in [0.25, 0.3) is 0 Å². The van der Waals surface area contributed by atoms with E-state index >= 15 is 0 Å². The summed E-state index contributed by atoms with van der Waals surface area (Å²) >= 11 is 0. The summed E-state index contributed by atoms with van der Waals surface area (Å²) in [6, 6.07) is 44.5. The van der Waals surface area contributed by atoms with Gasteiger partial charge in [-0.1, -0.05) is 155 Å². The van der Waals surface area contributed by atoms with Crippen LogP contribution in [-0.4, -0.2) is 9.97 Å². The molecule has 2 nitrogen and oxygen atoms in total. The molecule has 0 saturated heterocycles. The Morgan fingerprint density at radius 2 is 0.977 bits per heavy atom. The number of rotatable bonds is 14. The van der Waals surface area contributed by atoms with Gasteiger partial charge in [0.05, 0.1) is 10.9 Å². The highest BCUT2D eigenvalue weighted by atomic mass is 31.1. The number of benzene rings is 4. The Bertz CT molecular complexity index is 1500. The minimum atomic E-state index is -0.727. The van der Waals surface area contributed by atoms with Crippen molar-refractivity contribution in [3.8, 4) is 0 Å². The Hall–Kier alpha value is -3.18. The van der Waals surface area contributed by atoms with Crippen LogP contribution in [0.2, 0.25) is 0 Å². The molecule has 0 aliphatic heterocycles. The van der Waals surface area contributed by atoms with Gasteiger partial charge in [0.15, 0.2) is 0 Å². The van der Waals surface area contributed by atoms with Crippen molar-refractivity contribution in [1.29, 1.82) is 0 Å². The summed E-state index contributed by atoms with van der Waals surface area (Å²) in [5.74, 6) is 0. The monoisotopic (exact) mass is 602 g/mol. The average molecular weight is 603 g/mol. The second-order valence-electron chi connectivity index (χ2n) is 11.2. The molecule has 1 aromatic heterocycles. The first-order chi connectivity index (χ1) is 21.2. The molecular weight excluding hydrogens is 558 g/mol. The Balaban J connectivity index is 1.71. The van der Waals surface area contributed by atoms with Gasteiger partial charge in [-0.15, -0.1) is 0 Å². The fourth-order valence-electron chi connectivity index (χ4n) is 6.18. The van der Waals surface area contributed by atoms with E-state index in [0.717, 1.165) is 31.8 Å². The number of aromatic nitrogens is 2. The maximum absolute atomic E-state index is 5.34. The molecule has 4 heteroatoms. The van der Waals surface area contributed by atoms with E-state index in [9.17, 15) is 0 Å². The van der Waals surface area contributed by atoms with Crippen LogP contribution in [0.15, 0.2) is 134 Å². The van der Waals surface area contributed by atoms with E-state index < -0.39 is 15.8 Å². The number of hydrogen-bond acceptors (Lipinski definition) is 2. The standard InChI is InChI=1S/C39H44N2P2/c1-4-18-36(34-24-14-8-15-25-34)42(30-32-20-10-6-11-21-32)38-39(41-29-28-40-38)43(31(3)33-22-12-7-13-23-33)37(19-5-2)35-26-16-9-17-27-35/h6-17,20-29,31,36-37H,4-5,18-19,30H2,1-3H3/t31-,36-,37-,42?,43?/m0/s1. The van der Waals surface area contributed by atoms with Crippen LogP contribution in [0.4, 0.5) is 0 Å². The van der Waals surface area contributed by atoms with E-state index in [4.69, 9.17) is 9.97 Å². The highest BCUT2D eigenvalue weighted by molar-refractivity contribution is 7.71. The first-order valence-corrected chi connectivity index (χ1v) is 18.8. The van der Waals surface area contributed by atoms with Gasteiger partial charge in [0.1, 0.15) is 0 Å². The molecule has 0 N–H and O–H groups in total. The molecule has 4 aromatic carbocycles. The molecule has 0 spiro atoms. The Labute approximate surface area is 261 Å². The largest absolute Gasteiger partial charge is 0.253 e. The van der Waals surface area contributed by atoms with Crippen molar-refractivity contribution in [2.24, 2.45) is 0 Å². The van der Waals surface area contributed by atoms with E-state index in [-0.39, 0.29) is 0 Å². The minimum absolute atomic E-state index is 0.346. The van der Waals surface area contributed by atoms with E-state index in [1.807, 2.05) is 12.4 Å². The zero-order valence-corrected chi connectivity index (χ0v) is 27.5. The van der Waals surface area contributed by atoms with Crippen LogP contribution >= 0.6 is 15.8 Å². The molecular formula is C39H44N2P2. The normalized spacial score (nSPS) is 14.9. The van der Waals surface area contributed by atoms with Gasteiger partial charge in [0, 0.05) is 29.4 Å². The van der Waals surface area contributed by atoms with Crippen LogP contribution in [-0.2, 0) is 6.16 Å². The van der Waals surface area contributed by atoms with Crippen LogP contribution in [0.1, 0.15) is 85.7 Å². The predicted molar refractivity (Wildman–Crippen MR) is 188 cm³/mol. The van der Waals surface area contributed by atoms with Crippen LogP contribution in [0.3, 0.4) is 0 Å². The second kappa shape index (κ2) is 16.0. The summed E-state index contributed by atoms with van der Waals surface area (Å²) in [6.45, 7) is 7.08. The predicted octanol–water partition coefficient (Wildman–Crippen LogP) is 10.7. The Morgan fingerprint density at radius 3 is 1.51 bits per heavy atom. The highest BCUT2D eigenvalue weighted by Gasteiger charge is 2.36. The van der Waals surface area contributed by atoms with Crippen molar-refractivity contribution < 1.29 is 0 Å². The van der Waals surface area contributed by atoms with Crippen molar-refractivity contribution in [1.82, 2.24) is 9.97 Å². The van der Waals surface area contributed by atoms with Crippen molar-refractivity contribution in [2.75, 3.05) is 0 Å². The third kappa shape index (κ3) is 7.86. The SMILES string of the molecule is CCC[C@@H](c1ccccc1)P(Cc1ccccc1)c1nccnc1P([C@@H](C)c1ccccc1)[C@@H](CCC)c1ccccc1. The van der Waals surface area contributed by atoms with Crippen molar-refractivity contribution in [3.05, 3.63) is 156 Å². The van der Waals surface area contributed by atoms with Gasteiger partial charge in [0.2, 0.25) is 0 Å². The third-order valence-electron chi connectivity index (χ3n) is 8.28. The lowest BCUT2D eigenvalue weighted by molar-refractivity contribution is 0.763. The van der Waals surface area contributed by atoms with Gasteiger partial charge >= 0.3 is 0 Å². The average Bonchev–Trinajstić information content (AvgIpc) is 3.08. The topological polar surface area (TPSA) is 25.8 Å². The zero-order valence-electron chi connectivity index (χ0n) is 25.8. The highest BCUT2D eigenvalue weighted by Crippen LogP contribution is 2.63. The van der Waals surface area contributed by atoms with Gasteiger partial charge in [-0.3, -0.25) is 9.97 Å². The summed E-state index contributed by atoms with van der Waals surface area (Å²) in [4.78, 5) is 10.7. The first-order valence-electron chi connectivity index (χ1n) is 15.8. The molecule has 5 rings (SSSR count). The fraction of sp³-hybridized carbons (Fsp3) is 0.282. The van der Waals surface area contributed by atoms with Crippen molar-refractivity contribution in [2.45, 2.75) is 69.6 Å². The van der Waals surface area contributed by atoms with Crippen molar-refractivity contribution >= 4 is 26.7 Å². The van der Waals surface area contributed by atoms with Crippen LogP contribution in [0.25, 0.3) is 0 Å². The molecule has 1 heterocycles. The molecule has 0 amide bonds. The van der Waals surface area contributed by atoms with Gasteiger partial charge < -0.3 is 0 Å². The summed E-state index contributed by atoms with van der Waals surface area (Å²) in [5, 5.41) is 0. The van der Waals surface area contributed by atoms with Gasteiger partial charge in [-0.25, -0.2) is 0 Å². The smallest absolute Gasteiger partial charge is 0.0901 e. The molecule has 2 unspecified atom stereocenters. The van der Waals surface area contributed by atoms with Crippen LogP contribution in [0, 0.1) is 0 Å². The summed E-state index contributed by atoms with van der Waals surface area (Å²) in [5.41, 5.74) is 9.32. The molecule has 0 aliphatic rings. The summed E-state index contributed by atoms with van der Waals surface area (Å²) in [6.07, 6.45) is 9.46. The molecule has 0 saturated carbocycles. The maximum Gasteiger partial charge on any atom is 0.0901 e. The van der Waals surface area contributed by atoms with E-state index in [1.165, 1.54) is 33.1 Å². The molecule has 0 fully saturated rings. The lowest BCUT2D eigenvalue weighted by Gasteiger charge is -2.36. The molecule has 5 atom stereocenters. The summed E-state index contributed by atoms with van der Waals surface area (Å²) < 4.78 is 0. The third-order valence-corrected chi connectivity index (χ3v) is 14.5. The maximum atomic E-state index is 5.34. The summed E-state index contributed by atoms with van der Waals surface area (Å²) in [7, 11) is -1.41. The molecule has 220 valence electrons. The quantitative estimate of drug-likeness (QED) is 0.118. The fourth-order valence-corrected chi connectivity index (χ4v) is 13.0. The number of nitrogens with zero attached hydrogens (tertiary/aromatic N) is 2. The minimum Gasteiger partial charge on any atom is -0.253 e. The molecule has 0 aliphatic carbocycles. The second-order valence-corrected chi connectivity index (χ2v) is 16.2. The van der Waals surface area contributed by atoms with Crippen LogP contribution in [0.5, 0.6) is 0 Å². The van der Waals surface area contributed by atoms with E-state index in [0.29, 0.717) is 17.0 Å². The van der Waals surface area contributed by atoms with E-state index in [1.54, 1.807) is 0 Å².